The molecule has 0 heterocycles. The van der Waals surface area contributed by atoms with Crippen LogP contribution in [0.4, 0.5) is 0 Å². The molecule has 0 aliphatic heterocycles. The van der Waals surface area contributed by atoms with Crippen molar-refractivity contribution in [3.05, 3.63) is 35.9 Å². The molecule has 2 rings (SSSR count). The van der Waals surface area contributed by atoms with Crippen molar-refractivity contribution in [2.24, 2.45) is 5.41 Å². The van der Waals surface area contributed by atoms with Gasteiger partial charge >= 0.3 is 0 Å². The summed E-state index contributed by atoms with van der Waals surface area (Å²) in [5.41, 5.74) is 0.848. The highest BCUT2D eigenvalue weighted by Gasteiger charge is 2.26. The van der Waals surface area contributed by atoms with Crippen LogP contribution in [-0.4, -0.2) is 35.8 Å². The maximum atomic E-state index is 12.8. The molecule has 2 amide bonds. The van der Waals surface area contributed by atoms with Crippen molar-refractivity contribution in [2.45, 2.75) is 65.3 Å². The Kier molecular flexibility index (Phi) is 7.03. The second-order valence-corrected chi connectivity index (χ2v) is 8.02. The Balaban J connectivity index is 1.88. The molecule has 1 N–H and O–H groups in total. The highest BCUT2D eigenvalue weighted by Crippen LogP contribution is 2.24. The van der Waals surface area contributed by atoms with Gasteiger partial charge in [0.1, 0.15) is 0 Å². The molecule has 0 spiro atoms. The number of benzene rings is 1. The predicted octanol–water partition coefficient (Wildman–Crippen LogP) is 3.55. The number of amides is 2. The zero-order valence-corrected chi connectivity index (χ0v) is 15.9. The van der Waals surface area contributed by atoms with Crippen LogP contribution in [0.5, 0.6) is 0 Å². The van der Waals surface area contributed by atoms with Gasteiger partial charge in [0, 0.05) is 31.0 Å². The van der Waals surface area contributed by atoms with E-state index in [1.165, 1.54) is 18.4 Å². The molecule has 4 heteroatoms. The molecule has 1 saturated carbocycles. The maximum absolute atomic E-state index is 12.8. The molecule has 138 valence electrons. The summed E-state index contributed by atoms with van der Waals surface area (Å²) >= 11 is 0. The number of carbonyl (C=O) groups excluding carboxylic acids is 2. The molecule has 0 bridgehead atoms. The summed E-state index contributed by atoms with van der Waals surface area (Å²) in [6.07, 6.45) is 5.90. The van der Waals surface area contributed by atoms with E-state index in [1.807, 2.05) is 39.0 Å². The summed E-state index contributed by atoms with van der Waals surface area (Å²) in [6.45, 7) is 6.84. The second kappa shape index (κ2) is 9.02. The van der Waals surface area contributed by atoms with Crippen molar-refractivity contribution in [1.82, 2.24) is 10.2 Å². The SMILES string of the molecule is CC(C)(C)C(=O)NCCC(=O)N(CCc1ccccc1)C1CCCC1. The van der Waals surface area contributed by atoms with Crippen molar-refractivity contribution >= 4 is 11.8 Å². The van der Waals surface area contributed by atoms with Gasteiger partial charge < -0.3 is 10.2 Å². The zero-order chi connectivity index (χ0) is 18.3. The van der Waals surface area contributed by atoms with Crippen molar-refractivity contribution in [2.75, 3.05) is 13.1 Å². The number of hydrogen-bond acceptors (Lipinski definition) is 2. The van der Waals surface area contributed by atoms with Gasteiger partial charge in [-0.1, -0.05) is 63.9 Å². The van der Waals surface area contributed by atoms with Crippen molar-refractivity contribution in [3.63, 3.8) is 0 Å². The van der Waals surface area contributed by atoms with Gasteiger partial charge in [0.2, 0.25) is 11.8 Å². The van der Waals surface area contributed by atoms with E-state index >= 15 is 0 Å². The largest absolute Gasteiger partial charge is 0.355 e. The molecule has 25 heavy (non-hydrogen) atoms. The lowest BCUT2D eigenvalue weighted by Gasteiger charge is -2.29. The molecule has 1 aliphatic carbocycles. The van der Waals surface area contributed by atoms with Crippen LogP contribution in [0.15, 0.2) is 30.3 Å². The first-order valence-corrected chi connectivity index (χ1v) is 9.49. The Morgan fingerprint density at radius 3 is 2.36 bits per heavy atom. The Bertz CT molecular complexity index is 557. The van der Waals surface area contributed by atoms with E-state index in [1.54, 1.807) is 0 Å². The van der Waals surface area contributed by atoms with Crippen LogP contribution >= 0.6 is 0 Å². The monoisotopic (exact) mass is 344 g/mol. The van der Waals surface area contributed by atoms with Crippen LogP contribution in [0, 0.1) is 5.41 Å². The van der Waals surface area contributed by atoms with Crippen LogP contribution in [0.3, 0.4) is 0 Å². The number of hydrogen-bond donors (Lipinski definition) is 1. The number of nitrogens with zero attached hydrogens (tertiary/aromatic N) is 1. The molecule has 4 nitrogen and oxygen atoms in total. The average Bonchev–Trinajstić information content (AvgIpc) is 3.09. The molecule has 0 aromatic heterocycles. The van der Waals surface area contributed by atoms with E-state index in [4.69, 9.17) is 0 Å². The van der Waals surface area contributed by atoms with Crippen LogP contribution < -0.4 is 5.32 Å². The summed E-state index contributed by atoms with van der Waals surface area (Å²) in [5.74, 6) is 0.161. The molecule has 0 radical (unpaired) electrons. The Morgan fingerprint density at radius 2 is 1.76 bits per heavy atom. The molecule has 1 aromatic carbocycles. The minimum absolute atomic E-state index is 0.00278. The third kappa shape index (κ3) is 6.18. The fraction of sp³-hybridized carbons (Fsp3) is 0.619. The third-order valence-corrected chi connectivity index (χ3v) is 4.88. The van der Waals surface area contributed by atoms with Crippen molar-refractivity contribution in [3.8, 4) is 0 Å². The summed E-state index contributed by atoms with van der Waals surface area (Å²) in [6, 6.07) is 10.7. The van der Waals surface area contributed by atoms with Gasteiger partial charge in [-0.25, -0.2) is 0 Å². The molecular formula is C21H32N2O2. The van der Waals surface area contributed by atoms with Crippen LogP contribution in [-0.2, 0) is 16.0 Å². The highest BCUT2D eigenvalue weighted by atomic mass is 16.2. The van der Waals surface area contributed by atoms with Crippen LogP contribution in [0.2, 0.25) is 0 Å². The molecule has 1 fully saturated rings. The topological polar surface area (TPSA) is 49.4 Å². The van der Waals surface area contributed by atoms with E-state index in [0.29, 0.717) is 19.0 Å². The van der Waals surface area contributed by atoms with Gasteiger partial charge in [0.15, 0.2) is 0 Å². The van der Waals surface area contributed by atoms with Crippen LogP contribution in [0.25, 0.3) is 0 Å². The lowest BCUT2D eigenvalue weighted by atomic mass is 9.96. The number of carbonyl (C=O) groups is 2. The minimum Gasteiger partial charge on any atom is -0.355 e. The molecule has 0 saturated heterocycles. The van der Waals surface area contributed by atoms with Gasteiger partial charge in [-0.05, 0) is 24.8 Å². The Hall–Kier alpha value is -1.84. The molecule has 1 aromatic rings. The first kappa shape index (κ1) is 19.5. The lowest BCUT2D eigenvalue weighted by molar-refractivity contribution is -0.133. The fourth-order valence-corrected chi connectivity index (χ4v) is 3.31. The Labute approximate surface area is 152 Å². The average molecular weight is 344 g/mol. The lowest BCUT2D eigenvalue weighted by Crippen LogP contribution is -2.42. The first-order chi connectivity index (χ1) is 11.9. The Morgan fingerprint density at radius 1 is 1.12 bits per heavy atom. The summed E-state index contributed by atoms with van der Waals surface area (Å²) in [7, 11) is 0. The third-order valence-electron chi connectivity index (χ3n) is 4.88. The predicted molar refractivity (Wildman–Crippen MR) is 101 cm³/mol. The van der Waals surface area contributed by atoms with Crippen molar-refractivity contribution in [1.29, 1.82) is 0 Å². The van der Waals surface area contributed by atoms with Gasteiger partial charge in [-0.3, -0.25) is 9.59 Å². The van der Waals surface area contributed by atoms with E-state index in [2.05, 4.69) is 22.3 Å². The normalized spacial score (nSPS) is 15.2. The first-order valence-electron chi connectivity index (χ1n) is 9.49. The summed E-state index contributed by atoms with van der Waals surface area (Å²) < 4.78 is 0. The van der Waals surface area contributed by atoms with E-state index in [-0.39, 0.29) is 11.8 Å². The zero-order valence-electron chi connectivity index (χ0n) is 15.9. The summed E-state index contributed by atoms with van der Waals surface area (Å²) in [4.78, 5) is 26.8. The van der Waals surface area contributed by atoms with E-state index in [9.17, 15) is 9.59 Å². The fourth-order valence-electron chi connectivity index (χ4n) is 3.31. The van der Waals surface area contributed by atoms with Gasteiger partial charge in [0.25, 0.3) is 0 Å². The number of nitrogens with one attached hydrogen (secondary N) is 1. The standard InChI is InChI=1S/C21H32N2O2/c1-21(2,3)20(25)22-15-13-19(24)23(18-11-7-8-12-18)16-14-17-9-5-4-6-10-17/h4-6,9-10,18H,7-8,11-16H2,1-3H3,(H,22,25). The maximum Gasteiger partial charge on any atom is 0.225 e. The molecule has 1 aliphatic rings. The van der Waals surface area contributed by atoms with E-state index < -0.39 is 5.41 Å². The number of rotatable bonds is 7. The highest BCUT2D eigenvalue weighted by molar-refractivity contribution is 5.82. The van der Waals surface area contributed by atoms with Crippen LogP contribution in [0.1, 0.15) is 58.4 Å². The van der Waals surface area contributed by atoms with Gasteiger partial charge in [0.05, 0.1) is 0 Å². The molecule has 0 unspecified atom stereocenters. The molecular weight excluding hydrogens is 312 g/mol. The summed E-state index contributed by atoms with van der Waals surface area (Å²) in [5, 5.41) is 2.89. The quantitative estimate of drug-likeness (QED) is 0.822. The second-order valence-electron chi connectivity index (χ2n) is 8.02. The van der Waals surface area contributed by atoms with Gasteiger partial charge in [-0.2, -0.15) is 0 Å². The van der Waals surface area contributed by atoms with Gasteiger partial charge in [-0.15, -0.1) is 0 Å². The smallest absolute Gasteiger partial charge is 0.225 e. The van der Waals surface area contributed by atoms with Crippen molar-refractivity contribution < 1.29 is 9.59 Å². The molecule has 0 atom stereocenters. The minimum atomic E-state index is -0.415. The van der Waals surface area contributed by atoms with E-state index in [0.717, 1.165) is 25.8 Å².